The molecule has 0 unspecified atom stereocenters. The largest absolute Gasteiger partial charge is 0.397 e. The van der Waals surface area contributed by atoms with Crippen molar-refractivity contribution in [3.05, 3.63) is 16.2 Å². The van der Waals surface area contributed by atoms with Gasteiger partial charge in [-0.25, -0.2) is 4.98 Å². The van der Waals surface area contributed by atoms with Crippen molar-refractivity contribution in [2.24, 2.45) is 0 Å². The van der Waals surface area contributed by atoms with Gasteiger partial charge in [0.2, 0.25) is 0 Å². The number of halogens is 1. The summed E-state index contributed by atoms with van der Waals surface area (Å²) in [5, 5.41) is 13.6. The van der Waals surface area contributed by atoms with Crippen molar-refractivity contribution in [2.45, 2.75) is 44.6 Å². The zero-order chi connectivity index (χ0) is 13.2. The number of hydrogen-bond donors (Lipinski definition) is 3. The van der Waals surface area contributed by atoms with E-state index in [2.05, 4.69) is 26.2 Å². The van der Waals surface area contributed by atoms with Crippen LogP contribution in [0.3, 0.4) is 0 Å². The van der Waals surface area contributed by atoms with Crippen molar-refractivity contribution in [1.82, 2.24) is 4.98 Å². The number of aromatic nitrogens is 1. The van der Waals surface area contributed by atoms with E-state index in [1.807, 2.05) is 6.92 Å². The third kappa shape index (κ3) is 2.95. The third-order valence-electron chi connectivity index (χ3n) is 3.67. The van der Waals surface area contributed by atoms with Gasteiger partial charge in [0.05, 0.1) is 22.0 Å². The molecular weight excluding hydrogens is 294 g/mol. The Kier molecular flexibility index (Phi) is 4.12. The number of pyridine rings is 1. The number of nitrogen functional groups attached to an aromatic ring is 1. The van der Waals surface area contributed by atoms with Gasteiger partial charge in [-0.05, 0) is 41.3 Å². The Morgan fingerprint density at radius 3 is 2.78 bits per heavy atom. The summed E-state index contributed by atoms with van der Waals surface area (Å²) in [6.07, 6.45) is 6.82. The van der Waals surface area contributed by atoms with Crippen LogP contribution in [0, 0.1) is 6.92 Å². The quantitative estimate of drug-likeness (QED) is 0.802. The van der Waals surface area contributed by atoms with Crippen LogP contribution in [0.2, 0.25) is 0 Å². The second kappa shape index (κ2) is 5.45. The van der Waals surface area contributed by atoms with Crippen LogP contribution < -0.4 is 11.1 Å². The van der Waals surface area contributed by atoms with Gasteiger partial charge in [-0.2, -0.15) is 0 Å². The molecule has 0 atom stereocenters. The minimum absolute atomic E-state index is 0.544. The zero-order valence-corrected chi connectivity index (χ0v) is 12.3. The SMILES string of the molecule is Cc1c(N)cnc(NCC2(O)CCCCC2)c1Br. The Bertz CT molecular complexity index is 430. The summed E-state index contributed by atoms with van der Waals surface area (Å²) >= 11 is 3.49. The van der Waals surface area contributed by atoms with Crippen LogP contribution in [0.15, 0.2) is 10.7 Å². The second-order valence-corrected chi connectivity index (χ2v) is 5.93. The molecule has 0 aliphatic heterocycles. The van der Waals surface area contributed by atoms with Crippen LogP contribution in [0.1, 0.15) is 37.7 Å². The summed E-state index contributed by atoms with van der Waals surface area (Å²) in [5.74, 6) is 0.751. The lowest BCUT2D eigenvalue weighted by Gasteiger charge is -2.32. The Morgan fingerprint density at radius 2 is 2.11 bits per heavy atom. The van der Waals surface area contributed by atoms with Gasteiger partial charge in [0.1, 0.15) is 5.82 Å². The van der Waals surface area contributed by atoms with Crippen molar-refractivity contribution in [3.63, 3.8) is 0 Å². The molecule has 1 heterocycles. The first-order valence-corrected chi connectivity index (χ1v) is 7.18. The van der Waals surface area contributed by atoms with Gasteiger partial charge in [-0.1, -0.05) is 19.3 Å². The van der Waals surface area contributed by atoms with E-state index in [1.54, 1.807) is 6.20 Å². The molecule has 0 aromatic carbocycles. The predicted molar refractivity (Wildman–Crippen MR) is 77.6 cm³/mol. The molecule has 0 spiro atoms. The van der Waals surface area contributed by atoms with E-state index in [0.29, 0.717) is 12.2 Å². The molecule has 1 saturated carbocycles. The van der Waals surface area contributed by atoms with Crippen LogP contribution in [0.25, 0.3) is 0 Å². The Hall–Kier alpha value is -0.810. The highest BCUT2D eigenvalue weighted by Crippen LogP contribution is 2.31. The van der Waals surface area contributed by atoms with Crippen LogP contribution in [-0.2, 0) is 0 Å². The number of nitrogens with zero attached hydrogens (tertiary/aromatic N) is 1. The van der Waals surface area contributed by atoms with E-state index in [9.17, 15) is 5.11 Å². The third-order valence-corrected chi connectivity index (χ3v) is 4.64. The average molecular weight is 314 g/mol. The maximum atomic E-state index is 10.4. The topological polar surface area (TPSA) is 71.2 Å². The fourth-order valence-corrected chi connectivity index (χ4v) is 2.82. The van der Waals surface area contributed by atoms with E-state index in [-0.39, 0.29) is 0 Å². The second-order valence-electron chi connectivity index (χ2n) is 5.14. The smallest absolute Gasteiger partial charge is 0.140 e. The molecule has 1 aromatic heterocycles. The number of anilines is 2. The van der Waals surface area contributed by atoms with Gasteiger partial charge in [0, 0.05) is 6.54 Å². The number of rotatable bonds is 3. The minimum atomic E-state index is -0.589. The van der Waals surface area contributed by atoms with E-state index in [1.165, 1.54) is 6.42 Å². The van der Waals surface area contributed by atoms with E-state index < -0.39 is 5.60 Å². The summed E-state index contributed by atoms with van der Waals surface area (Å²) in [4.78, 5) is 4.26. The predicted octanol–water partition coefficient (Wildman–Crippen LogP) is 2.84. The van der Waals surface area contributed by atoms with Crippen LogP contribution in [0.4, 0.5) is 11.5 Å². The van der Waals surface area contributed by atoms with Gasteiger partial charge in [0.15, 0.2) is 0 Å². The fourth-order valence-electron chi connectivity index (χ4n) is 2.35. The highest BCUT2D eigenvalue weighted by molar-refractivity contribution is 9.10. The monoisotopic (exact) mass is 313 g/mol. The summed E-state index contributed by atoms with van der Waals surface area (Å²) in [6.45, 7) is 2.49. The van der Waals surface area contributed by atoms with Crippen LogP contribution in [0.5, 0.6) is 0 Å². The molecule has 1 aliphatic carbocycles. The summed E-state index contributed by atoms with van der Waals surface area (Å²) in [7, 11) is 0. The summed E-state index contributed by atoms with van der Waals surface area (Å²) in [5.41, 5.74) is 6.84. The molecule has 0 radical (unpaired) electrons. The van der Waals surface area contributed by atoms with Crippen molar-refractivity contribution in [3.8, 4) is 0 Å². The molecule has 0 saturated heterocycles. The van der Waals surface area contributed by atoms with E-state index in [0.717, 1.165) is 41.5 Å². The average Bonchev–Trinajstić information content (AvgIpc) is 2.36. The first-order chi connectivity index (χ1) is 8.52. The van der Waals surface area contributed by atoms with Gasteiger partial charge in [0.25, 0.3) is 0 Å². The molecule has 4 N–H and O–H groups in total. The number of nitrogens with two attached hydrogens (primary N) is 1. The fraction of sp³-hybridized carbons (Fsp3) is 0.615. The number of aliphatic hydroxyl groups is 1. The number of nitrogens with one attached hydrogen (secondary N) is 1. The first kappa shape index (κ1) is 13.6. The highest BCUT2D eigenvalue weighted by Gasteiger charge is 2.29. The Balaban J connectivity index is 2.04. The van der Waals surface area contributed by atoms with Gasteiger partial charge in [-0.15, -0.1) is 0 Å². The van der Waals surface area contributed by atoms with Crippen molar-refractivity contribution in [2.75, 3.05) is 17.6 Å². The molecule has 0 amide bonds. The van der Waals surface area contributed by atoms with Crippen molar-refractivity contribution < 1.29 is 5.11 Å². The molecule has 0 bridgehead atoms. The zero-order valence-electron chi connectivity index (χ0n) is 10.7. The van der Waals surface area contributed by atoms with Gasteiger partial charge >= 0.3 is 0 Å². The minimum Gasteiger partial charge on any atom is -0.397 e. The van der Waals surface area contributed by atoms with Crippen molar-refractivity contribution >= 4 is 27.4 Å². The number of hydrogen-bond acceptors (Lipinski definition) is 4. The van der Waals surface area contributed by atoms with Gasteiger partial charge in [-0.3, -0.25) is 0 Å². The highest BCUT2D eigenvalue weighted by atomic mass is 79.9. The van der Waals surface area contributed by atoms with Crippen molar-refractivity contribution in [1.29, 1.82) is 0 Å². The molecule has 4 nitrogen and oxygen atoms in total. The summed E-state index contributed by atoms with van der Waals surface area (Å²) in [6, 6.07) is 0. The summed E-state index contributed by atoms with van der Waals surface area (Å²) < 4.78 is 0.877. The lowest BCUT2D eigenvalue weighted by atomic mass is 9.85. The molecule has 2 rings (SSSR count). The normalized spacial score (nSPS) is 18.6. The van der Waals surface area contributed by atoms with Gasteiger partial charge < -0.3 is 16.2 Å². The lowest BCUT2D eigenvalue weighted by molar-refractivity contribution is 0.0166. The van der Waals surface area contributed by atoms with Crippen LogP contribution in [-0.4, -0.2) is 22.2 Å². The lowest BCUT2D eigenvalue weighted by Crippen LogP contribution is -2.39. The van der Waals surface area contributed by atoms with E-state index in [4.69, 9.17) is 5.73 Å². The molecular formula is C13H20BrN3O. The molecule has 5 heteroatoms. The molecule has 1 aliphatic rings. The first-order valence-electron chi connectivity index (χ1n) is 6.39. The molecule has 1 aromatic rings. The molecule has 100 valence electrons. The molecule has 18 heavy (non-hydrogen) atoms. The Labute approximate surface area is 116 Å². The van der Waals surface area contributed by atoms with Crippen LogP contribution >= 0.6 is 15.9 Å². The maximum Gasteiger partial charge on any atom is 0.140 e. The van der Waals surface area contributed by atoms with E-state index >= 15 is 0 Å². The standard InChI is InChI=1S/C13H20BrN3O/c1-9-10(15)7-16-12(11(9)14)17-8-13(18)5-3-2-4-6-13/h7,18H,2-6,8,15H2,1H3,(H,16,17). The maximum absolute atomic E-state index is 10.4. The Morgan fingerprint density at radius 1 is 1.44 bits per heavy atom. The molecule has 1 fully saturated rings.